The molecule has 0 aliphatic carbocycles. The maximum Gasteiger partial charge on any atom is 0.0674 e. The maximum atomic E-state index is 4.46. The van der Waals surface area contributed by atoms with Crippen LogP contribution in [0.25, 0.3) is 0 Å². The highest BCUT2D eigenvalue weighted by molar-refractivity contribution is 5.22. The van der Waals surface area contributed by atoms with E-state index in [1.54, 1.807) is 12.4 Å². The SMILES string of the molecule is CC[C@@H](C)c1nccnc1C(C)(C)C. The highest BCUT2D eigenvalue weighted by Crippen LogP contribution is 2.28. The molecule has 0 spiro atoms. The molecule has 0 radical (unpaired) electrons. The van der Waals surface area contributed by atoms with E-state index in [0.29, 0.717) is 5.92 Å². The van der Waals surface area contributed by atoms with Gasteiger partial charge >= 0.3 is 0 Å². The molecule has 78 valence electrons. The van der Waals surface area contributed by atoms with Crippen LogP contribution in [0.15, 0.2) is 12.4 Å². The molecule has 1 atom stereocenters. The average Bonchev–Trinajstić information content (AvgIpc) is 2.15. The third kappa shape index (κ3) is 2.31. The van der Waals surface area contributed by atoms with Crippen LogP contribution >= 0.6 is 0 Å². The fourth-order valence-electron chi connectivity index (χ4n) is 1.48. The Morgan fingerprint density at radius 1 is 1.21 bits per heavy atom. The Kier molecular flexibility index (Phi) is 3.25. The number of aromatic nitrogens is 2. The van der Waals surface area contributed by atoms with E-state index in [1.807, 2.05) is 0 Å². The van der Waals surface area contributed by atoms with Crippen LogP contribution in [-0.2, 0) is 5.41 Å². The molecule has 0 bridgehead atoms. The quantitative estimate of drug-likeness (QED) is 0.718. The second kappa shape index (κ2) is 4.07. The van der Waals surface area contributed by atoms with Crippen LogP contribution in [0.5, 0.6) is 0 Å². The molecule has 0 N–H and O–H groups in total. The standard InChI is InChI=1S/C12H20N2/c1-6-9(2)10-11(12(3,4)5)14-8-7-13-10/h7-9H,6H2,1-5H3/t9-/m1/s1. The zero-order valence-electron chi connectivity index (χ0n) is 9.83. The summed E-state index contributed by atoms with van der Waals surface area (Å²) < 4.78 is 0. The molecule has 1 aromatic heterocycles. The van der Waals surface area contributed by atoms with Crippen molar-refractivity contribution in [2.45, 2.75) is 52.4 Å². The van der Waals surface area contributed by atoms with E-state index in [9.17, 15) is 0 Å². The molecule has 1 rings (SSSR count). The molecule has 0 saturated carbocycles. The van der Waals surface area contributed by atoms with E-state index in [4.69, 9.17) is 0 Å². The number of hydrogen-bond donors (Lipinski definition) is 0. The van der Waals surface area contributed by atoms with Gasteiger partial charge in [0.2, 0.25) is 0 Å². The van der Waals surface area contributed by atoms with Crippen molar-refractivity contribution in [3.63, 3.8) is 0 Å². The van der Waals surface area contributed by atoms with E-state index in [0.717, 1.165) is 17.8 Å². The summed E-state index contributed by atoms with van der Waals surface area (Å²) in [5.74, 6) is 0.498. The largest absolute Gasteiger partial charge is 0.257 e. The zero-order valence-corrected chi connectivity index (χ0v) is 9.83. The van der Waals surface area contributed by atoms with Gasteiger partial charge in [0.15, 0.2) is 0 Å². The van der Waals surface area contributed by atoms with Crippen LogP contribution in [0.1, 0.15) is 58.3 Å². The summed E-state index contributed by atoms with van der Waals surface area (Å²) in [5, 5.41) is 0. The predicted molar refractivity (Wildman–Crippen MR) is 59.4 cm³/mol. The first-order valence-corrected chi connectivity index (χ1v) is 5.28. The molecule has 0 aromatic carbocycles. The van der Waals surface area contributed by atoms with Gasteiger partial charge in [0.1, 0.15) is 0 Å². The van der Waals surface area contributed by atoms with Crippen LogP contribution in [0, 0.1) is 0 Å². The molecule has 14 heavy (non-hydrogen) atoms. The fraction of sp³-hybridized carbons (Fsp3) is 0.667. The van der Waals surface area contributed by atoms with Crippen LogP contribution in [-0.4, -0.2) is 9.97 Å². The Bertz CT molecular complexity index is 299. The van der Waals surface area contributed by atoms with Gasteiger partial charge in [0, 0.05) is 17.8 Å². The summed E-state index contributed by atoms with van der Waals surface area (Å²) in [5.41, 5.74) is 2.38. The Balaban J connectivity index is 3.16. The lowest BCUT2D eigenvalue weighted by Crippen LogP contribution is -2.18. The summed E-state index contributed by atoms with van der Waals surface area (Å²) in [6.45, 7) is 10.9. The van der Waals surface area contributed by atoms with Gasteiger partial charge in [0.05, 0.1) is 11.4 Å². The van der Waals surface area contributed by atoms with Crippen molar-refractivity contribution in [1.82, 2.24) is 9.97 Å². The minimum atomic E-state index is 0.0903. The smallest absolute Gasteiger partial charge is 0.0674 e. The van der Waals surface area contributed by atoms with Crippen LogP contribution < -0.4 is 0 Å². The van der Waals surface area contributed by atoms with E-state index in [-0.39, 0.29) is 5.41 Å². The van der Waals surface area contributed by atoms with Gasteiger partial charge in [-0.05, 0) is 12.3 Å². The summed E-state index contributed by atoms with van der Waals surface area (Å²) >= 11 is 0. The second-order valence-electron chi connectivity index (χ2n) is 4.85. The van der Waals surface area contributed by atoms with E-state index in [1.165, 1.54) is 0 Å². The van der Waals surface area contributed by atoms with Crippen LogP contribution in [0.3, 0.4) is 0 Å². The van der Waals surface area contributed by atoms with Crippen molar-refractivity contribution in [3.8, 4) is 0 Å². The molecule has 0 aliphatic rings. The molecule has 2 nitrogen and oxygen atoms in total. The van der Waals surface area contributed by atoms with E-state index >= 15 is 0 Å². The molecule has 0 saturated heterocycles. The Morgan fingerprint density at radius 3 is 2.29 bits per heavy atom. The molecule has 0 fully saturated rings. The van der Waals surface area contributed by atoms with Crippen molar-refractivity contribution in [2.75, 3.05) is 0 Å². The van der Waals surface area contributed by atoms with Crippen molar-refractivity contribution < 1.29 is 0 Å². The molecule has 0 amide bonds. The van der Waals surface area contributed by atoms with Gasteiger partial charge in [-0.1, -0.05) is 34.6 Å². The monoisotopic (exact) mass is 192 g/mol. The predicted octanol–water partition coefficient (Wildman–Crippen LogP) is 3.29. The third-order valence-corrected chi connectivity index (χ3v) is 2.52. The number of nitrogens with zero attached hydrogens (tertiary/aromatic N) is 2. The summed E-state index contributed by atoms with van der Waals surface area (Å²) in [6.07, 6.45) is 4.69. The minimum absolute atomic E-state index is 0.0903. The van der Waals surface area contributed by atoms with Crippen LogP contribution in [0.4, 0.5) is 0 Å². The van der Waals surface area contributed by atoms with Crippen molar-refractivity contribution >= 4 is 0 Å². The summed E-state index contributed by atoms with van der Waals surface area (Å²) in [4.78, 5) is 8.91. The first kappa shape index (κ1) is 11.2. The first-order chi connectivity index (χ1) is 6.46. The zero-order chi connectivity index (χ0) is 10.8. The molecular weight excluding hydrogens is 172 g/mol. The average molecular weight is 192 g/mol. The topological polar surface area (TPSA) is 25.8 Å². The highest BCUT2D eigenvalue weighted by atomic mass is 14.8. The lowest BCUT2D eigenvalue weighted by atomic mass is 9.86. The molecule has 1 aromatic rings. The van der Waals surface area contributed by atoms with Crippen LogP contribution in [0.2, 0.25) is 0 Å². The maximum absolute atomic E-state index is 4.46. The molecule has 0 aliphatic heterocycles. The Hall–Kier alpha value is -0.920. The minimum Gasteiger partial charge on any atom is -0.257 e. The van der Waals surface area contributed by atoms with Crippen molar-refractivity contribution in [2.24, 2.45) is 0 Å². The van der Waals surface area contributed by atoms with Gasteiger partial charge in [0.25, 0.3) is 0 Å². The molecular formula is C12H20N2. The van der Waals surface area contributed by atoms with Gasteiger partial charge in [-0.3, -0.25) is 9.97 Å². The lowest BCUT2D eigenvalue weighted by Gasteiger charge is -2.22. The third-order valence-electron chi connectivity index (χ3n) is 2.52. The van der Waals surface area contributed by atoms with Gasteiger partial charge < -0.3 is 0 Å². The van der Waals surface area contributed by atoms with E-state index < -0.39 is 0 Å². The van der Waals surface area contributed by atoms with Crippen molar-refractivity contribution in [1.29, 1.82) is 0 Å². The summed E-state index contributed by atoms with van der Waals surface area (Å²) in [6, 6.07) is 0. The number of rotatable bonds is 2. The van der Waals surface area contributed by atoms with Gasteiger partial charge in [-0.25, -0.2) is 0 Å². The normalized spacial score (nSPS) is 14.1. The van der Waals surface area contributed by atoms with Gasteiger partial charge in [-0.2, -0.15) is 0 Å². The first-order valence-electron chi connectivity index (χ1n) is 5.28. The Morgan fingerprint density at radius 2 is 1.79 bits per heavy atom. The van der Waals surface area contributed by atoms with Gasteiger partial charge in [-0.15, -0.1) is 0 Å². The molecule has 2 heteroatoms. The summed E-state index contributed by atoms with van der Waals surface area (Å²) in [7, 11) is 0. The number of hydrogen-bond acceptors (Lipinski definition) is 2. The molecule has 1 heterocycles. The fourth-order valence-corrected chi connectivity index (χ4v) is 1.48. The highest BCUT2D eigenvalue weighted by Gasteiger charge is 2.22. The van der Waals surface area contributed by atoms with E-state index in [2.05, 4.69) is 44.6 Å². The molecule has 0 unspecified atom stereocenters. The lowest BCUT2D eigenvalue weighted by molar-refractivity contribution is 0.539. The van der Waals surface area contributed by atoms with Crippen molar-refractivity contribution in [3.05, 3.63) is 23.8 Å². The Labute approximate surface area is 86.8 Å². The second-order valence-corrected chi connectivity index (χ2v) is 4.85.